The van der Waals surface area contributed by atoms with Gasteiger partial charge in [-0.2, -0.15) is 0 Å². The molecule has 3 rings (SSSR count). The molecule has 0 bridgehead atoms. The van der Waals surface area contributed by atoms with Crippen molar-refractivity contribution < 1.29 is 4.57 Å². The van der Waals surface area contributed by atoms with Crippen LogP contribution in [0.2, 0.25) is 0 Å². The average Bonchev–Trinajstić information content (AvgIpc) is 2.73. The lowest BCUT2D eigenvalue weighted by Gasteiger charge is -2.00. The summed E-state index contributed by atoms with van der Waals surface area (Å²) in [5.74, 6) is 1.21. The molecule has 1 heterocycles. The average molecular weight is 237 g/mol. The Morgan fingerprint density at radius 1 is 0.944 bits per heavy atom. The number of para-hydroxylation sites is 2. The zero-order valence-corrected chi connectivity index (χ0v) is 10.6. The standard InChI is InChI=1S/C16H16N2/c1-13-17-15-9-5-6-10-16(15)18(13)12-11-14-7-3-2-4-8-14/h2-10H,11-12H2,1H3/p+1. The number of nitrogens with one attached hydrogen (secondary N) is 1. The number of H-pyrrole nitrogens is 1. The first-order chi connectivity index (χ1) is 8.84. The fourth-order valence-corrected chi connectivity index (χ4v) is 2.43. The van der Waals surface area contributed by atoms with Crippen LogP contribution in [0.4, 0.5) is 0 Å². The van der Waals surface area contributed by atoms with E-state index in [0.29, 0.717) is 0 Å². The summed E-state index contributed by atoms with van der Waals surface area (Å²) in [4.78, 5) is 3.43. The summed E-state index contributed by atoms with van der Waals surface area (Å²) in [6, 6.07) is 19.1. The lowest BCUT2D eigenvalue weighted by atomic mass is 10.1. The number of aromatic amines is 1. The summed E-state index contributed by atoms with van der Waals surface area (Å²) in [5, 5.41) is 0. The zero-order chi connectivity index (χ0) is 12.4. The minimum Gasteiger partial charge on any atom is -0.241 e. The highest BCUT2D eigenvalue weighted by molar-refractivity contribution is 5.70. The van der Waals surface area contributed by atoms with Gasteiger partial charge in [-0.05, 0) is 17.7 Å². The molecule has 3 aromatic rings. The highest BCUT2D eigenvalue weighted by Gasteiger charge is 2.13. The highest BCUT2D eigenvalue weighted by Crippen LogP contribution is 2.09. The Morgan fingerprint density at radius 3 is 2.50 bits per heavy atom. The van der Waals surface area contributed by atoms with E-state index < -0.39 is 0 Å². The molecule has 0 saturated carbocycles. The minimum atomic E-state index is 1.01. The molecule has 2 nitrogen and oxygen atoms in total. The van der Waals surface area contributed by atoms with Gasteiger partial charge in [-0.25, -0.2) is 9.55 Å². The first kappa shape index (κ1) is 11.0. The monoisotopic (exact) mass is 237 g/mol. The molecule has 1 aromatic heterocycles. The van der Waals surface area contributed by atoms with Gasteiger partial charge in [0.05, 0.1) is 6.54 Å². The molecule has 2 heteroatoms. The number of fused-ring (bicyclic) bond motifs is 1. The van der Waals surface area contributed by atoms with Gasteiger partial charge in [0, 0.05) is 13.3 Å². The van der Waals surface area contributed by atoms with E-state index in [9.17, 15) is 0 Å². The minimum absolute atomic E-state index is 1.01. The maximum Gasteiger partial charge on any atom is 0.251 e. The smallest absolute Gasteiger partial charge is 0.241 e. The molecule has 0 atom stereocenters. The van der Waals surface area contributed by atoms with Gasteiger partial charge >= 0.3 is 0 Å². The van der Waals surface area contributed by atoms with Crippen molar-refractivity contribution in [3.63, 3.8) is 0 Å². The Labute approximate surface area is 107 Å². The third-order valence-corrected chi connectivity index (χ3v) is 3.38. The summed E-state index contributed by atoms with van der Waals surface area (Å²) in [5.41, 5.74) is 3.88. The van der Waals surface area contributed by atoms with E-state index in [1.54, 1.807) is 0 Å². The van der Waals surface area contributed by atoms with E-state index in [2.05, 4.69) is 71.1 Å². The van der Waals surface area contributed by atoms with Crippen LogP contribution >= 0.6 is 0 Å². The van der Waals surface area contributed by atoms with E-state index in [1.807, 2.05) is 0 Å². The largest absolute Gasteiger partial charge is 0.251 e. The van der Waals surface area contributed by atoms with Crippen LogP contribution in [0.3, 0.4) is 0 Å². The molecule has 0 fully saturated rings. The summed E-state index contributed by atoms with van der Waals surface area (Å²) in [6.45, 7) is 3.14. The van der Waals surface area contributed by atoms with Crippen LogP contribution in [0.25, 0.3) is 11.0 Å². The van der Waals surface area contributed by atoms with E-state index in [0.717, 1.165) is 13.0 Å². The predicted octanol–water partition coefficient (Wildman–Crippen LogP) is 3.01. The van der Waals surface area contributed by atoms with Crippen molar-refractivity contribution in [2.24, 2.45) is 0 Å². The number of nitrogens with zero attached hydrogens (tertiary/aromatic N) is 1. The fraction of sp³-hybridized carbons (Fsp3) is 0.188. The molecule has 1 N–H and O–H groups in total. The molecule has 18 heavy (non-hydrogen) atoms. The van der Waals surface area contributed by atoms with Crippen LogP contribution in [0.5, 0.6) is 0 Å². The van der Waals surface area contributed by atoms with E-state index >= 15 is 0 Å². The molecule has 0 unspecified atom stereocenters. The van der Waals surface area contributed by atoms with Gasteiger partial charge < -0.3 is 0 Å². The van der Waals surface area contributed by atoms with Crippen molar-refractivity contribution in [1.29, 1.82) is 0 Å². The number of benzene rings is 2. The van der Waals surface area contributed by atoms with Crippen molar-refractivity contribution in [3.8, 4) is 0 Å². The number of imidazole rings is 1. The summed E-state index contributed by atoms with van der Waals surface area (Å²) in [7, 11) is 0. The first-order valence-electron chi connectivity index (χ1n) is 6.36. The van der Waals surface area contributed by atoms with Crippen LogP contribution in [0, 0.1) is 6.92 Å². The van der Waals surface area contributed by atoms with Crippen molar-refractivity contribution in [2.75, 3.05) is 0 Å². The second-order valence-electron chi connectivity index (χ2n) is 4.61. The van der Waals surface area contributed by atoms with Gasteiger partial charge in [-0.3, -0.25) is 0 Å². The Morgan fingerprint density at radius 2 is 1.67 bits per heavy atom. The van der Waals surface area contributed by atoms with Crippen LogP contribution in [-0.4, -0.2) is 4.98 Å². The third kappa shape index (κ3) is 2.02. The topological polar surface area (TPSA) is 19.7 Å². The molecule has 0 saturated heterocycles. The van der Waals surface area contributed by atoms with Gasteiger partial charge in [0.2, 0.25) is 0 Å². The number of aromatic nitrogens is 2. The Balaban J connectivity index is 1.89. The molecule has 0 aliphatic rings. The van der Waals surface area contributed by atoms with Gasteiger partial charge in [0.15, 0.2) is 11.0 Å². The van der Waals surface area contributed by atoms with Crippen molar-refractivity contribution >= 4 is 11.0 Å². The molecular formula is C16H17N2+. The van der Waals surface area contributed by atoms with Crippen molar-refractivity contribution in [3.05, 3.63) is 66.0 Å². The summed E-state index contributed by atoms with van der Waals surface area (Å²) >= 11 is 0. The van der Waals surface area contributed by atoms with Gasteiger partial charge in [0.1, 0.15) is 0 Å². The first-order valence-corrected chi connectivity index (χ1v) is 6.36. The number of hydrogen-bond acceptors (Lipinski definition) is 0. The van der Waals surface area contributed by atoms with Crippen LogP contribution in [-0.2, 0) is 13.0 Å². The van der Waals surface area contributed by atoms with E-state index in [-0.39, 0.29) is 0 Å². The van der Waals surface area contributed by atoms with Crippen LogP contribution in [0.1, 0.15) is 11.4 Å². The maximum atomic E-state index is 3.43. The van der Waals surface area contributed by atoms with Crippen LogP contribution in [0.15, 0.2) is 54.6 Å². The summed E-state index contributed by atoms with van der Waals surface area (Å²) in [6.07, 6.45) is 1.06. The Hall–Kier alpha value is -2.09. The number of aryl methyl sites for hydroxylation is 3. The molecule has 0 aliphatic carbocycles. The number of rotatable bonds is 3. The lowest BCUT2D eigenvalue weighted by Crippen LogP contribution is -2.36. The fourth-order valence-electron chi connectivity index (χ4n) is 2.43. The van der Waals surface area contributed by atoms with Crippen molar-refractivity contribution in [2.45, 2.75) is 19.9 Å². The lowest BCUT2D eigenvalue weighted by molar-refractivity contribution is -0.676. The van der Waals surface area contributed by atoms with Crippen LogP contribution < -0.4 is 4.57 Å². The normalized spacial score (nSPS) is 10.9. The Bertz CT molecular complexity index is 653. The summed E-state index contributed by atoms with van der Waals surface area (Å²) < 4.78 is 2.35. The molecule has 0 radical (unpaired) electrons. The predicted molar refractivity (Wildman–Crippen MR) is 73.4 cm³/mol. The Kier molecular flexibility index (Phi) is 2.85. The van der Waals surface area contributed by atoms with Gasteiger partial charge in [-0.1, -0.05) is 42.5 Å². The maximum absolute atomic E-state index is 3.43. The van der Waals surface area contributed by atoms with E-state index in [1.165, 1.54) is 22.4 Å². The second kappa shape index (κ2) is 4.65. The highest BCUT2D eigenvalue weighted by atomic mass is 15.1. The molecule has 0 aliphatic heterocycles. The number of hydrogen-bond donors (Lipinski definition) is 1. The third-order valence-electron chi connectivity index (χ3n) is 3.38. The van der Waals surface area contributed by atoms with Crippen molar-refractivity contribution in [1.82, 2.24) is 4.98 Å². The molecule has 0 amide bonds. The molecule has 90 valence electrons. The SMILES string of the molecule is Cc1[nH]c2ccccc2[n+]1CCc1ccccc1. The van der Waals surface area contributed by atoms with E-state index in [4.69, 9.17) is 0 Å². The van der Waals surface area contributed by atoms with Gasteiger partial charge in [0.25, 0.3) is 5.82 Å². The molecule has 2 aromatic carbocycles. The zero-order valence-electron chi connectivity index (χ0n) is 10.6. The molecule has 0 spiro atoms. The molecular weight excluding hydrogens is 220 g/mol. The second-order valence-corrected chi connectivity index (χ2v) is 4.61. The quantitative estimate of drug-likeness (QED) is 0.676. The van der Waals surface area contributed by atoms with Gasteiger partial charge in [-0.15, -0.1) is 0 Å².